The van der Waals surface area contributed by atoms with Gasteiger partial charge in [0.1, 0.15) is 5.82 Å². The molecular weight excluding hydrogens is 305 g/mol. The van der Waals surface area contributed by atoms with Crippen LogP contribution in [0.15, 0.2) is 27.8 Å². The first-order valence-electron chi connectivity index (χ1n) is 5.20. The minimum absolute atomic E-state index is 0.00957. The summed E-state index contributed by atoms with van der Waals surface area (Å²) in [5.74, 6) is -0.822. The molecule has 0 saturated carbocycles. The highest BCUT2D eigenvalue weighted by atomic mass is 79.9. The SMILES string of the molecule is CCN(CC(N)=NO)C(=O)c1ccc(F)cc1Br. The first-order valence-corrected chi connectivity index (χ1v) is 5.99. The van der Waals surface area contributed by atoms with Gasteiger partial charge in [0.2, 0.25) is 0 Å². The number of hydrogen-bond acceptors (Lipinski definition) is 3. The van der Waals surface area contributed by atoms with E-state index in [1.54, 1.807) is 6.92 Å². The van der Waals surface area contributed by atoms with Crippen LogP contribution in [-0.4, -0.2) is 34.9 Å². The second-order valence-electron chi connectivity index (χ2n) is 3.53. The number of amidine groups is 1. The van der Waals surface area contributed by atoms with Crippen molar-refractivity contribution in [2.24, 2.45) is 10.9 Å². The van der Waals surface area contributed by atoms with Crippen molar-refractivity contribution in [1.29, 1.82) is 0 Å². The zero-order valence-corrected chi connectivity index (χ0v) is 11.3. The van der Waals surface area contributed by atoms with Crippen molar-refractivity contribution >= 4 is 27.7 Å². The summed E-state index contributed by atoms with van der Waals surface area (Å²) in [7, 11) is 0. The van der Waals surface area contributed by atoms with Gasteiger partial charge in [0.05, 0.1) is 12.1 Å². The van der Waals surface area contributed by atoms with Crippen LogP contribution in [-0.2, 0) is 0 Å². The van der Waals surface area contributed by atoms with Crippen LogP contribution in [0.4, 0.5) is 4.39 Å². The molecule has 0 bridgehead atoms. The number of nitrogens with two attached hydrogens (primary N) is 1. The number of rotatable bonds is 4. The van der Waals surface area contributed by atoms with Gasteiger partial charge in [-0.1, -0.05) is 5.16 Å². The maximum atomic E-state index is 12.9. The van der Waals surface area contributed by atoms with E-state index in [-0.39, 0.29) is 18.3 Å². The lowest BCUT2D eigenvalue weighted by atomic mass is 10.2. The smallest absolute Gasteiger partial charge is 0.255 e. The van der Waals surface area contributed by atoms with Crippen molar-refractivity contribution in [3.8, 4) is 0 Å². The molecule has 0 aliphatic heterocycles. The number of nitrogens with zero attached hydrogens (tertiary/aromatic N) is 2. The van der Waals surface area contributed by atoms with Gasteiger partial charge < -0.3 is 15.8 Å². The predicted molar refractivity (Wildman–Crippen MR) is 69.1 cm³/mol. The molecule has 0 fully saturated rings. The zero-order chi connectivity index (χ0) is 13.7. The third-order valence-corrected chi connectivity index (χ3v) is 2.97. The Morgan fingerprint density at radius 3 is 2.78 bits per heavy atom. The highest BCUT2D eigenvalue weighted by molar-refractivity contribution is 9.10. The number of carbonyl (C=O) groups is 1. The molecule has 5 nitrogen and oxygen atoms in total. The Hall–Kier alpha value is -1.63. The van der Waals surface area contributed by atoms with Gasteiger partial charge in [-0.3, -0.25) is 4.79 Å². The largest absolute Gasteiger partial charge is 0.409 e. The van der Waals surface area contributed by atoms with Gasteiger partial charge in [-0.15, -0.1) is 0 Å². The second kappa shape index (κ2) is 6.34. The molecule has 0 aliphatic rings. The van der Waals surface area contributed by atoms with Gasteiger partial charge in [-0.25, -0.2) is 4.39 Å². The summed E-state index contributed by atoms with van der Waals surface area (Å²) in [5, 5.41) is 11.3. The summed E-state index contributed by atoms with van der Waals surface area (Å²) >= 11 is 3.13. The lowest BCUT2D eigenvalue weighted by Gasteiger charge is -2.20. The van der Waals surface area contributed by atoms with E-state index in [1.165, 1.54) is 23.1 Å². The van der Waals surface area contributed by atoms with Gasteiger partial charge in [0, 0.05) is 11.0 Å². The Morgan fingerprint density at radius 2 is 2.28 bits per heavy atom. The number of hydrogen-bond donors (Lipinski definition) is 2. The molecule has 18 heavy (non-hydrogen) atoms. The van der Waals surface area contributed by atoms with Crippen molar-refractivity contribution in [3.05, 3.63) is 34.1 Å². The van der Waals surface area contributed by atoms with Crippen molar-refractivity contribution in [2.75, 3.05) is 13.1 Å². The van der Waals surface area contributed by atoms with Gasteiger partial charge in [0.25, 0.3) is 5.91 Å². The lowest BCUT2D eigenvalue weighted by Crippen LogP contribution is -2.38. The van der Waals surface area contributed by atoms with E-state index in [0.29, 0.717) is 16.6 Å². The van der Waals surface area contributed by atoms with Crippen LogP contribution < -0.4 is 5.73 Å². The Kier molecular flexibility index (Phi) is 5.08. The lowest BCUT2D eigenvalue weighted by molar-refractivity contribution is 0.0785. The van der Waals surface area contributed by atoms with Crippen LogP contribution >= 0.6 is 15.9 Å². The number of likely N-dealkylation sites (N-methyl/N-ethyl adjacent to an activating group) is 1. The Morgan fingerprint density at radius 1 is 1.61 bits per heavy atom. The molecular formula is C11H13BrFN3O2. The maximum absolute atomic E-state index is 12.9. The Bertz CT molecular complexity index is 479. The van der Waals surface area contributed by atoms with Crippen LogP contribution in [0.5, 0.6) is 0 Å². The first-order chi connectivity index (χ1) is 8.49. The van der Waals surface area contributed by atoms with Crippen molar-refractivity contribution < 1.29 is 14.4 Å². The summed E-state index contributed by atoms with van der Waals surface area (Å²) in [6.45, 7) is 2.16. The van der Waals surface area contributed by atoms with E-state index in [1.807, 2.05) is 0 Å². The first kappa shape index (κ1) is 14.4. The summed E-state index contributed by atoms with van der Waals surface area (Å²) in [6.07, 6.45) is 0. The molecule has 7 heteroatoms. The molecule has 0 heterocycles. The van der Waals surface area contributed by atoms with Gasteiger partial charge in [-0.05, 0) is 41.1 Å². The van der Waals surface area contributed by atoms with E-state index in [4.69, 9.17) is 10.9 Å². The average Bonchev–Trinajstić information content (AvgIpc) is 2.34. The van der Waals surface area contributed by atoms with Gasteiger partial charge in [-0.2, -0.15) is 0 Å². The molecule has 1 amide bonds. The fraction of sp³-hybridized carbons (Fsp3) is 0.273. The minimum atomic E-state index is -0.432. The normalized spacial score (nSPS) is 11.4. The van der Waals surface area contributed by atoms with Crippen molar-refractivity contribution in [2.45, 2.75) is 6.92 Å². The number of carbonyl (C=O) groups excluding carboxylic acids is 1. The number of benzene rings is 1. The quantitative estimate of drug-likeness (QED) is 0.384. The summed E-state index contributed by atoms with van der Waals surface area (Å²) < 4.78 is 13.3. The molecule has 3 N–H and O–H groups in total. The Labute approximate surface area is 112 Å². The van der Waals surface area contributed by atoms with Crippen LogP contribution in [0.2, 0.25) is 0 Å². The van der Waals surface area contributed by atoms with Gasteiger partial charge in [0.15, 0.2) is 5.84 Å². The van der Waals surface area contributed by atoms with E-state index in [9.17, 15) is 9.18 Å². The molecule has 1 aromatic carbocycles. The average molecular weight is 318 g/mol. The van der Waals surface area contributed by atoms with E-state index >= 15 is 0 Å². The molecule has 0 aliphatic carbocycles. The maximum Gasteiger partial charge on any atom is 0.255 e. The molecule has 0 spiro atoms. The summed E-state index contributed by atoms with van der Waals surface area (Å²) in [5.41, 5.74) is 5.69. The number of oxime groups is 1. The highest BCUT2D eigenvalue weighted by Crippen LogP contribution is 2.19. The minimum Gasteiger partial charge on any atom is -0.409 e. The monoisotopic (exact) mass is 317 g/mol. The van der Waals surface area contributed by atoms with Crippen molar-refractivity contribution in [3.63, 3.8) is 0 Å². The van der Waals surface area contributed by atoms with Crippen LogP contribution in [0.25, 0.3) is 0 Å². The third-order valence-electron chi connectivity index (χ3n) is 2.31. The predicted octanol–water partition coefficient (Wildman–Crippen LogP) is 1.80. The van der Waals surface area contributed by atoms with E-state index in [0.717, 1.165) is 0 Å². The van der Waals surface area contributed by atoms with Crippen molar-refractivity contribution in [1.82, 2.24) is 4.90 Å². The number of amides is 1. The van der Waals surface area contributed by atoms with Gasteiger partial charge >= 0.3 is 0 Å². The molecule has 1 rings (SSSR count). The van der Waals surface area contributed by atoms with Crippen LogP contribution in [0.1, 0.15) is 17.3 Å². The van der Waals surface area contributed by atoms with E-state index in [2.05, 4.69) is 21.1 Å². The summed E-state index contributed by atoms with van der Waals surface area (Å²) in [4.78, 5) is 13.5. The Balaban J connectivity index is 2.96. The fourth-order valence-corrected chi connectivity index (χ4v) is 1.91. The molecule has 0 aromatic heterocycles. The molecule has 0 saturated heterocycles. The zero-order valence-electron chi connectivity index (χ0n) is 9.73. The second-order valence-corrected chi connectivity index (χ2v) is 4.39. The molecule has 0 atom stereocenters. The van der Waals surface area contributed by atoms with Crippen LogP contribution in [0.3, 0.4) is 0 Å². The fourth-order valence-electron chi connectivity index (χ4n) is 1.39. The molecule has 0 radical (unpaired) electrons. The standard InChI is InChI=1S/C11H13BrFN3O2/c1-2-16(6-10(14)15-18)11(17)8-4-3-7(13)5-9(8)12/h3-5,18H,2,6H2,1H3,(H2,14,15). The molecule has 0 unspecified atom stereocenters. The summed E-state index contributed by atoms with van der Waals surface area (Å²) in [6, 6.07) is 3.80. The van der Waals surface area contributed by atoms with E-state index < -0.39 is 5.82 Å². The third kappa shape index (κ3) is 3.43. The molecule has 1 aromatic rings. The molecule has 98 valence electrons. The highest BCUT2D eigenvalue weighted by Gasteiger charge is 2.18. The topological polar surface area (TPSA) is 78.9 Å². The number of halogens is 2. The van der Waals surface area contributed by atoms with Crippen LogP contribution in [0, 0.1) is 5.82 Å².